The smallest absolute Gasteiger partial charge is 0.320 e. The number of aromatic nitrogens is 6. The summed E-state index contributed by atoms with van der Waals surface area (Å²) < 4.78 is 38.2. The summed E-state index contributed by atoms with van der Waals surface area (Å²) in [5.74, 6) is -2.48. The number of unbranched alkanes of at least 4 members (excludes halogenated alkanes) is 22. The van der Waals surface area contributed by atoms with Gasteiger partial charge in [-0.2, -0.15) is 4.80 Å². The van der Waals surface area contributed by atoms with Gasteiger partial charge in [-0.1, -0.05) is 128 Å². The van der Waals surface area contributed by atoms with Crippen molar-refractivity contribution in [1.82, 2.24) is 56.2 Å². The van der Waals surface area contributed by atoms with Crippen molar-refractivity contribution in [1.29, 1.82) is 0 Å². The Morgan fingerprint density at radius 2 is 1.12 bits per heavy atom. The minimum atomic E-state index is -3.76. The number of aromatic amines is 1. The van der Waals surface area contributed by atoms with Gasteiger partial charge in [0.2, 0.25) is 21.8 Å². The molecule has 0 aromatic carbocycles. The molecule has 8 N–H and O–H groups in total. The number of rotatable bonds is 60. The van der Waals surface area contributed by atoms with E-state index in [2.05, 4.69) is 72.1 Å². The van der Waals surface area contributed by atoms with Crippen LogP contribution in [0, 0.1) is 5.92 Å². The number of carbonyl (C=O) groups excluding carboxylic acids is 3. The summed E-state index contributed by atoms with van der Waals surface area (Å²) in [6.07, 6.45) is 34.4. The first kappa shape index (κ1) is 75.7. The molecule has 484 valence electrons. The summed E-state index contributed by atoms with van der Waals surface area (Å²) >= 11 is 0. The molecule has 0 spiro atoms. The average Bonchev–Trinajstić information content (AvgIpc) is 4.38. The first-order valence-corrected chi connectivity index (χ1v) is 34.0. The van der Waals surface area contributed by atoms with Crippen molar-refractivity contribution in [3.05, 3.63) is 24.0 Å². The molecule has 2 aromatic heterocycles. The number of Topliss-reactive ketones (excluding diaryl/α,β-unsaturated/α-hetero) is 1. The topological polar surface area (TPSA) is 311 Å². The summed E-state index contributed by atoms with van der Waals surface area (Å²) in [6, 6.07) is -0.555. The van der Waals surface area contributed by atoms with Crippen LogP contribution in [0.5, 0.6) is 0 Å². The van der Waals surface area contributed by atoms with E-state index in [1.54, 1.807) is 17.3 Å². The lowest BCUT2D eigenvalue weighted by Gasteiger charge is -2.15. The number of hydrogen-bond donors (Lipinski definition) is 8. The van der Waals surface area contributed by atoms with E-state index >= 15 is 0 Å². The zero-order valence-electron chi connectivity index (χ0n) is 52.0. The number of imidazole rings is 1. The number of aryl methyl sites for hydroxylation is 2. The third kappa shape index (κ3) is 44.1. The van der Waals surface area contributed by atoms with Crippen LogP contribution in [0.15, 0.2) is 12.5 Å². The molecule has 22 nitrogen and oxygen atoms in total. The number of ether oxygens (including phenoxy) is 2. The Balaban J connectivity index is 1.27. The Labute approximate surface area is 504 Å². The molecule has 23 heteroatoms. The highest BCUT2D eigenvalue weighted by atomic mass is 32.2. The van der Waals surface area contributed by atoms with Crippen LogP contribution < -0.4 is 26.0 Å². The van der Waals surface area contributed by atoms with Crippen LogP contribution in [0.4, 0.5) is 0 Å². The summed E-state index contributed by atoms with van der Waals surface area (Å²) in [5, 5.41) is 44.7. The van der Waals surface area contributed by atoms with Gasteiger partial charge in [0.1, 0.15) is 11.8 Å². The predicted octanol–water partition coefficient (Wildman–Crippen LogP) is 8.90. The SMILES string of the molecule is CC(C)(C)n1nnc(CCCCCCCCCCCCCCCC(=O)NS(=O)(=O)CCCC(=O)NCCCCCCCCCCCCN[C@@H](CCCNCCOCCOCCNCCCC[C@H](CC(=O)CCc2cnc[nH]2)C(=O)O)C(=O)O)n1. The lowest BCUT2D eigenvalue weighted by Crippen LogP contribution is -2.37. The van der Waals surface area contributed by atoms with Crippen molar-refractivity contribution >= 4 is 39.6 Å². The predicted molar refractivity (Wildman–Crippen MR) is 329 cm³/mol. The second-order valence-corrected chi connectivity index (χ2v) is 25.5. The van der Waals surface area contributed by atoms with E-state index < -0.39 is 39.8 Å². The van der Waals surface area contributed by atoms with Gasteiger partial charge < -0.3 is 45.9 Å². The largest absolute Gasteiger partial charge is 0.481 e. The summed E-state index contributed by atoms with van der Waals surface area (Å²) in [7, 11) is -3.76. The van der Waals surface area contributed by atoms with Gasteiger partial charge in [0.25, 0.3) is 0 Å². The molecule has 2 heterocycles. The summed E-state index contributed by atoms with van der Waals surface area (Å²) in [4.78, 5) is 68.8. The van der Waals surface area contributed by atoms with E-state index in [4.69, 9.17) is 9.47 Å². The highest BCUT2D eigenvalue weighted by Crippen LogP contribution is 2.18. The monoisotopic (exact) mass is 1210 g/mol. The number of sulfonamides is 1. The molecular weight excluding hydrogens is 1090 g/mol. The van der Waals surface area contributed by atoms with E-state index in [0.29, 0.717) is 91.3 Å². The number of ketones is 1. The van der Waals surface area contributed by atoms with Crippen molar-refractivity contribution in [2.24, 2.45) is 5.92 Å². The number of amides is 2. The van der Waals surface area contributed by atoms with Crippen LogP contribution in [0.25, 0.3) is 0 Å². The summed E-state index contributed by atoms with van der Waals surface area (Å²) in [5.41, 5.74) is 0.731. The maximum atomic E-state index is 12.4. The molecular formula is C61H113N11O11S. The number of carboxylic acids is 2. The number of carboxylic acid groups (broad SMARTS) is 2. The van der Waals surface area contributed by atoms with Crippen LogP contribution in [-0.2, 0) is 61.9 Å². The molecule has 0 aliphatic carbocycles. The number of nitrogens with one attached hydrogen (secondary N) is 6. The molecule has 0 unspecified atom stereocenters. The minimum absolute atomic E-state index is 0.0446. The van der Waals surface area contributed by atoms with E-state index in [1.165, 1.54) is 64.2 Å². The fourth-order valence-corrected chi connectivity index (χ4v) is 10.8. The number of H-pyrrole nitrogens is 1. The molecule has 0 radical (unpaired) electrons. The Morgan fingerprint density at radius 1 is 0.583 bits per heavy atom. The van der Waals surface area contributed by atoms with Gasteiger partial charge >= 0.3 is 11.9 Å². The Morgan fingerprint density at radius 3 is 1.67 bits per heavy atom. The van der Waals surface area contributed by atoms with Crippen LogP contribution in [0.2, 0.25) is 0 Å². The molecule has 0 saturated heterocycles. The fourth-order valence-electron chi connectivity index (χ4n) is 9.73. The summed E-state index contributed by atoms with van der Waals surface area (Å²) in [6.45, 7) is 12.4. The molecule has 84 heavy (non-hydrogen) atoms. The van der Waals surface area contributed by atoms with Gasteiger partial charge in [0.15, 0.2) is 5.82 Å². The Bertz CT molecular complexity index is 2090. The standard InChI is InChI=1S/C61H113N11O11S/c1-61(2,3)72-69-56(68-71-72)33-23-19-15-11-7-5-4-6-8-12-16-20-24-34-58(75)70-84(80,81)48-30-35-57(74)66-41-27-22-18-14-10-9-13-17-21-26-40-65-55(60(78)79)32-29-39-63-43-45-83-47-46-82-44-42-62-38-28-25-31-52(59(76)77)49-54(73)37-36-53-50-64-51-67-53/h50-52,55,62-63,65H,4-49H2,1-3H3,(H,64,67)(H,66,74)(H,70,75)(H,76,77)(H,78,79)/t52-,55+/m1/s1. The van der Waals surface area contributed by atoms with Gasteiger partial charge in [0.05, 0.1) is 50.0 Å². The minimum Gasteiger partial charge on any atom is -0.481 e. The number of hydrogen-bond acceptors (Lipinski definition) is 16. The van der Waals surface area contributed by atoms with Gasteiger partial charge in [-0.25, -0.2) is 13.4 Å². The van der Waals surface area contributed by atoms with Crippen molar-refractivity contribution in [2.45, 2.75) is 257 Å². The van der Waals surface area contributed by atoms with E-state index in [1.807, 2.05) is 0 Å². The normalized spacial score (nSPS) is 12.6. The zero-order chi connectivity index (χ0) is 61.2. The number of nitrogens with zero attached hydrogens (tertiary/aromatic N) is 5. The molecule has 2 amide bonds. The van der Waals surface area contributed by atoms with E-state index in [9.17, 15) is 42.6 Å². The highest BCUT2D eigenvalue weighted by molar-refractivity contribution is 7.90. The van der Waals surface area contributed by atoms with E-state index in [-0.39, 0.29) is 48.7 Å². The second-order valence-electron chi connectivity index (χ2n) is 23.7. The van der Waals surface area contributed by atoms with Crippen molar-refractivity contribution in [2.75, 3.05) is 71.4 Å². The van der Waals surface area contributed by atoms with Crippen molar-refractivity contribution in [3.8, 4) is 0 Å². The van der Waals surface area contributed by atoms with Crippen LogP contribution in [0.1, 0.15) is 244 Å². The Hall–Kier alpha value is -4.42. The maximum absolute atomic E-state index is 12.4. The van der Waals surface area contributed by atoms with Crippen molar-refractivity contribution in [3.63, 3.8) is 0 Å². The van der Waals surface area contributed by atoms with Crippen LogP contribution in [0.3, 0.4) is 0 Å². The third-order valence-electron chi connectivity index (χ3n) is 14.8. The van der Waals surface area contributed by atoms with Crippen LogP contribution >= 0.6 is 0 Å². The first-order valence-electron chi connectivity index (χ1n) is 32.4. The molecule has 0 bridgehead atoms. The van der Waals surface area contributed by atoms with Gasteiger partial charge in [-0.05, 0) is 110 Å². The molecule has 2 aromatic rings. The second kappa shape index (κ2) is 49.7. The van der Waals surface area contributed by atoms with Gasteiger partial charge in [-0.3, -0.25) is 28.7 Å². The van der Waals surface area contributed by atoms with Crippen molar-refractivity contribution < 1.29 is 52.1 Å². The fraction of sp³-hybridized carbons (Fsp3) is 0.852. The number of carbonyl (C=O) groups is 5. The number of tetrazole rings is 1. The zero-order valence-corrected chi connectivity index (χ0v) is 52.9. The molecule has 0 saturated carbocycles. The molecule has 0 fully saturated rings. The van der Waals surface area contributed by atoms with Gasteiger partial charge in [0, 0.05) is 63.6 Å². The van der Waals surface area contributed by atoms with Crippen LogP contribution in [-0.4, -0.2) is 156 Å². The molecule has 0 aliphatic heterocycles. The average molecular weight is 1210 g/mol. The molecule has 0 aliphatic rings. The third-order valence-corrected chi connectivity index (χ3v) is 16.2. The van der Waals surface area contributed by atoms with E-state index in [0.717, 1.165) is 121 Å². The number of aliphatic carboxylic acids is 2. The maximum Gasteiger partial charge on any atom is 0.320 e. The molecule has 2 rings (SSSR count). The highest BCUT2D eigenvalue weighted by Gasteiger charge is 2.22. The lowest BCUT2D eigenvalue weighted by molar-refractivity contribution is -0.144. The molecule has 2 atom stereocenters. The Kier molecular flexibility index (Phi) is 44.7. The lowest BCUT2D eigenvalue weighted by atomic mass is 9.94. The van der Waals surface area contributed by atoms with Gasteiger partial charge in [-0.15, -0.1) is 10.2 Å². The quantitative estimate of drug-likeness (QED) is 0.0287. The first-order chi connectivity index (χ1) is 40.6.